The second kappa shape index (κ2) is 6.84. The molecule has 0 bridgehead atoms. The third-order valence-corrected chi connectivity index (χ3v) is 3.53. The molecule has 1 rings (SSSR count). The van der Waals surface area contributed by atoms with Gasteiger partial charge in [0.15, 0.2) is 0 Å². The van der Waals surface area contributed by atoms with Crippen LogP contribution < -0.4 is 5.73 Å². The fourth-order valence-electron chi connectivity index (χ4n) is 1.65. The van der Waals surface area contributed by atoms with Gasteiger partial charge in [0.1, 0.15) is 0 Å². The number of aliphatic hydroxyl groups is 1. The predicted molar refractivity (Wildman–Crippen MR) is 69.8 cm³/mol. The van der Waals surface area contributed by atoms with Crippen LogP contribution in [-0.2, 0) is 16.5 Å². The molecule has 4 N–H and O–H groups in total. The second-order valence-corrected chi connectivity index (χ2v) is 5.90. The predicted octanol–water partition coefficient (Wildman–Crippen LogP) is 0.585. The van der Waals surface area contributed by atoms with Crippen molar-refractivity contribution < 1.29 is 18.1 Å². The van der Waals surface area contributed by atoms with Crippen molar-refractivity contribution in [2.45, 2.75) is 31.4 Å². The normalized spacial score (nSPS) is 15.3. The Hall–Kier alpha value is -0.950. The minimum atomic E-state index is -4.01. The minimum Gasteiger partial charge on any atom is -0.392 e. The molecule has 6 heteroatoms. The largest absolute Gasteiger partial charge is 0.392 e. The molecule has 0 radical (unpaired) electrons. The zero-order chi connectivity index (χ0) is 13.6. The van der Waals surface area contributed by atoms with Gasteiger partial charge in [-0.05, 0) is 24.8 Å². The maximum absolute atomic E-state index is 10.6. The van der Waals surface area contributed by atoms with E-state index < -0.39 is 28.0 Å². The molecule has 1 aromatic rings. The SMILES string of the molecule is NC(CCS(=O)(=O)O)[C@@H](O)CCc1ccccc1. The summed E-state index contributed by atoms with van der Waals surface area (Å²) in [6.07, 6.45) is 0.430. The van der Waals surface area contributed by atoms with Crippen LogP contribution in [0.1, 0.15) is 18.4 Å². The molecule has 5 nitrogen and oxygen atoms in total. The Kier molecular flexibility index (Phi) is 5.74. The van der Waals surface area contributed by atoms with E-state index in [9.17, 15) is 13.5 Å². The van der Waals surface area contributed by atoms with Gasteiger partial charge in [-0.1, -0.05) is 30.3 Å². The van der Waals surface area contributed by atoms with Gasteiger partial charge in [-0.3, -0.25) is 4.55 Å². The van der Waals surface area contributed by atoms with Gasteiger partial charge in [0.2, 0.25) is 0 Å². The molecule has 0 aromatic heterocycles. The average molecular weight is 273 g/mol. The van der Waals surface area contributed by atoms with E-state index in [1.807, 2.05) is 30.3 Å². The lowest BCUT2D eigenvalue weighted by molar-refractivity contribution is 0.133. The van der Waals surface area contributed by atoms with Gasteiger partial charge in [-0.15, -0.1) is 0 Å². The molecule has 0 fully saturated rings. The van der Waals surface area contributed by atoms with Crippen molar-refractivity contribution in [3.63, 3.8) is 0 Å². The van der Waals surface area contributed by atoms with Crippen molar-refractivity contribution in [1.82, 2.24) is 0 Å². The first-order valence-electron chi connectivity index (χ1n) is 5.81. The highest BCUT2D eigenvalue weighted by Crippen LogP contribution is 2.08. The van der Waals surface area contributed by atoms with Crippen LogP contribution >= 0.6 is 0 Å². The smallest absolute Gasteiger partial charge is 0.264 e. The van der Waals surface area contributed by atoms with Crippen LogP contribution in [-0.4, -0.2) is 36.0 Å². The highest BCUT2D eigenvalue weighted by Gasteiger charge is 2.17. The van der Waals surface area contributed by atoms with Crippen LogP contribution in [0.3, 0.4) is 0 Å². The summed E-state index contributed by atoms with van der Waals surface area (Å²) in [5, 5.41) is 9.77. The standard InChI is InChI=1S/C12H19NO4S/c13-11(8-9-18(15,16)17)12(14)7-6-10-4-2-1-3-5-10/h1-5,11-12,14H,6-9,13H2,(H,15,16,17)/t11?,12-/m0/s1. The van der Waals surface area contributed by atoms with Gasteiger partial charge < -0.3 is 10.8 Å². The average Bonchev–Trinajstić information content (AvgIpc) is 2.33. The zero-order valence-corrected chi connectivity index (χ0v) is 10.9. The van der Waals surface area contributed by atoms with Crippen molar-refractivity contribution in [2.24, 2.45) is 5.73 Å². The number of benzene rings is 1. The Balaban J connectivity index is 2.34. The molecule has 1 unspecified atom stereocenters. The number of nitrogens with two attached hydrogens (primary N) is 1. The first-order chi connectivity index (χ1) is 8.38. The molecular weight excluding hydrogens is 254 g/mol. The van der Waals surface area contributed by atoms with Crippen molar-refractivity contribution in [3.8, 4) is 0 Å². The fraction of sp³-hybridized carbons (Fsp3) is 0.500. The Bertz CT molecular complexity index is 446. The van der Waals surface area contributed by atoms with E-state index in [0.29, 0.717) is 12.8 Å². The van der Waals surface area contributed by atoms with Crippen molar-refractivity contribution >= 4 is 10.1 Å². The van der Waals surface area contributed by atoms with Gasteiger partial charge in [0.05, 0.1) is 11.9 Å². The van der Waals surface area contributed by atoms with Crippen LogP contribution in [0.2, 0.25) is 0 Å². The maximum Gasteiger partial charge on any atom is 0.264 e. The van der Waals surface area contributed by atoms with E-state index in [1.54, 1.807) is 0 Å². The number of hydrogen-bond donors (Lipinski definition) is 3. The number of hydrogen-bond acceptors (Lipinski definition) is 4. The Morgan fingerprint density at radius 2 is 1.78 bits per heavy atom. The monoisotopic (exact) mass is 273 g/mol. The minimum absolute atomic E-state index is 0.0504. The first kappa shape index (κ1) is 15.1. The van der Waals surface area contributed by atoms with Crippen molar-refractivity contribution in [1.29, 1.82) is 0 Å². The molecule has 1 aromatic carbocycles. The number of aryl methyl sites for hydroxylation is 1. The van der Waals surface area contributed by atoms with Gasteiger partial charge in [-0.25, -0.2) is 0 Å². The Morgan fingerprint density at radius 3 is 2.33 bits per heavy atom. The molecule has 0 heterocycles. The molecule has 0 aliphatic rings. The van der Waals surface area contributed by atoms with E-state index >= 15 is 0 Å². The molecule has 0 aliphatic carbocycles. The molecule has 0 spiro atoms. The van der Waals surface area contributed by atoms with E-state index in [2.05, 4.69) is 0 Å². The maximum atomic E-state index is 10.6. The van der Waals surface area contributed by atoms with Crippen LogP contribution in [0.25, 0.3) is 0 Å². The van der Waals surface area contributed by atoms with Crippen molar-refractivity contribution in [2.75, 3.05) is 5.75 Å². The summed E-state index contributed by atoms with van der Waals surface area (Å²) in [5.41, 5.74) is 6.76. The summed E-state index contributed by atoms with van der Waals surface area (Å²) in [6.45, 7) is 0. The molecule has 102 valence electrons. The molecule has 0 saturated carbocycles. The zero-order valence-electron chi connectivity index (χ0n) is 10.1. The lowest BCUT2D eigenvalue weighted by Crippen LogP contribution is -2.36. The Labute approximate surface area is 107 Å². The van der Waals surface area contributed by atoms with Gasteiger partial charge in [0.25, 0.3) is 10.1 Å². The highest BCUT2D eigenvalue weighted by molar-refractivity contribution is 7.85. The lowest BCUT2D eigenvalue weighted by Gasteiger charge is -2.18. The van der Waals surface area contributed by atoms with E-state index in [4.69, 9.17) is 10.3 Å². The molecule has 0 aliphatic heterocycles. The second-order valence-electron chi connectivity index (χ2n) is 4.33. The number of aliphatic hydroxyl groups excluding tert-OH is 1. The summed E-state index contributed by atoms with van der Waals surface area (Å²) < 4.78 is 29.7. The van der Waals surface area contributed by atoms with Gasteiger partial charge in [0, 0.05) is 6.04 Å². The summed E-state index contributed by atoms with van der Waals surface area (Å²) in [6, 6.07) is 9.01. The summed E-state index contributed by atoms with van der Waals surface area (Å²) in [4.78, 5) is 0. The van der Waals surface area contributed by atoms with Crippen molar-refractivity contribution in [3.05, 3.63) is 35.9 Å². The summed E-state index contributed by atoms with van der Waals surface area (Å²) >= 11 is 0. The first-order valence-corrected chi connectivity index (χ1v) is 7.42. The Morgan fingerprint density at radius 1 is 1.17 bits per heavy atom. The molecule has 2 atom stereocenters. The summed E-state index contributed by atoms with van der Waals surface area (Å²) in [5.74, 6) is -0.420. The lowest BCUT2D eigenvalue weighted by atomic mass is 10.0. The highest BCUT2D eigenvalue weighted by atomic mass is 32.2. The van der Waals surface area contributed by atoms with Crippen LogP contribution in [0, 0.1) is 0 Å². The quantitative estimate of drug-likeness (QED) is 0.631. The third-order valence-electron chi connectivity index (χ3n) is 2.77. The van der Waals surface area contributed by atoms with Gasteiger partial charge >= 0.3 is 0 Å². The van der Waals surface area contributed by atoms with E-state index in [-0.39, 0.29) is 6.42 Å². The van der Waals surface area contributed by atoms with Gasteiger partial charge in [-0.2, -0.15) is 8.42 Å². The van der Waals surface area contributed by atoms with Crippen LogP contribution in [0.15, 0.2) is 30.3 Å². The molecule has 0 saturated heterocycles. The topological polar surface area (TPSA) is 101 Å². The molecule has 18 heavy (non-hydrogen) atoms. The molecule has 0 amide bonds. The van der Waals surface area contributed by atoms with Crippen LogP contribution in [0.5, 0.6) is 0 Å². The molecular formula is C12H19NO4S. The third kappa shape index (κ3) is 6.11. The fourth-order valence-corrected chi connectivity index (χ4v) is 2.22. The number of rotatable bonds is 7. The van der Waals surface area contributed by atoms with E-state index in [0.717, 1.165) is 5.56 Å². The summed E-state index contributed by atoms with van der Waals surface area (Å²) in [7, 11) is -4.01. The van der Waals surface area contributed by atoms with Crippen LogP contribution in [0.4, 0.5) is 0 Å². The van der Waals surface area contributed by atoms with E-state index in [1.165, 1.54) is 0 Å².